The maximum absolute atomic E-state index is 12.4. The minimum absolute atomic E-state index is 0.569. The van der Waals surface area contributed by atoms with E-state index in [1.54, 1.807) is 12.2 Å². The zero-order valence-corrected chi connectivity index (χ0v) is 23.1. The van der Waals surface area contributed by atoms with E-state index in [0.29, 0.717) is 0 Å². The molecule has 0 amide bonds. The molecular formula is C31H50O3. The monoisotopic (exact) mass is 470 g/mol. The second kappa shape index (κ2) is 18.4. The fraction of sp³-hybridized carbons (Fsp3) is 0.581. The molecule has 0 radical (unpaired) electrons. The predicted molar refractivity (Wildman–Crippen MR) is 148 cm³/mol. The molecule has 0 saturated heterocycles. The summed E-state index contributed by atoms with van der Waals surface area (Å²) in [6, 6.07) is 0. The van der Waals surface area contributed by atoms with Gasteiger partial charge >= 0.3 is 0 Å². The van der Waals surface area contributed by atoms with Crippen molar-refractivity contribution in [2.45, 2.75) is 119 Å². The van der Waals surface area contributed by atoms with Gasteiger partial charge in [0.1, 0.15) is 12.2 Å². The molecule has 0 aliphatic carbocycles. The Morgan fingerprint density at radius 3 is 1.15 bits per heavy atom. The molecule has 2 unspecified atom stereocenters. The Labute approximate surface area is 209 Å². The third-order valence-corrected chi connectivity index (χ3v) is 5.71. The van der Waals surface area contributed by atoms with Gasteiger partial charge in [0.15, 0.2) is 5.78 Å². The van der Waals surface area contributed by atoms with Gasteiger partial charge < -0.3 is 10.2 Å². The molecule has 0 aromatic heterocycles. The van der Waals surface area contributed by atoms with E-state index in [1.165, 1.54) is 22.3 Å². The second-order valence-electron chi connectivity index (χ2n) is 10.1. The average Bonchev–Trinajstić information content (AvgIpc) is 2.72. The van der Waals surface area contributed by atoms with Crippen LogP contribution in [0.2, 0.25) is 0 Å². The zero-order valence-electron chi connectivity index (χ0n) is 23.1. The molecule has 0 rings (SSSR count). The first-order valence-corrected chi connectivity index (χ1v) is 12.7. The standard InChI is InChI=1S/C31H50O3/c1-23(2)13-9-15-25(5)17-11-19-27(7)21-29(32)31(34)30(33)22-28(8)20-12-18-26(6)16-10-14-24(3)4/h13-14,17-18,21-22,29-30,32-33H,9-12,15-16,19-20H2,1-8H3. The molecule has 0 saturated carbocycles. The van der Waals surface area contributed by atoms with Crippen LogP contribution < -0.4 is 0 Å². The van der Waals surface area contributed by atoms with Crippen LogP contribution in [0.15, 0.2) is 69.9 Å². The number of rotatable bonds is 16. The third-order valence-electron chi connectivity index (χ3n) is 5.71. The second-order valence-corrected chi connectivity index (χ2v) is 10.1. The molecule has 0 heterocycles. The van der Waals surface area contributed by atoms with Crippen molar-refractivity contribution in [2.24, 2.45) is 0 Å². The summed E-state index contributed by atoms with van der Waals surface area (Å²) in [4.78, 5) is 12.4. The molecule has 0 fully saturated rings. The lowest BCUT2D eigenvalue weighted by molar-refractivity contribution is -0.131. The van der Waals surface area contributed by atoms with E-state index in [0.717, 1.165) is 62.5 Å². The first kappa shape index (κ1) is 32.0. The van der Waals surface area contributed by atoms with Crippen LogP contribution in [0.1, 0.15) is 107 Å². The van der Waals surface area contributed by atoms with E-state index in [2.05, 4.69) is 65.8 Å². The molecule has 3 nitrogen and oxygen atoms in total. The van der Waals surface area contributed by atoms with Crippen molar-refractivity contribution in [3.05, 3.63) is 69.9 Å². The zero-order chi connectivity index (χ0) is 26.1. The molecule has 3 heteroatoms. The summed E-state index contributed by atoms with van der Waals surface area (Å²) in [6.45, 7) is 16.6. The summed E-state index contributed by atoms with van der Waals surface area (Å²) in [6.07, 6.45) is 17.1. The summed E-state index contributed by atoms with van der Waals surface area (Å²) < 4.78 is 0. The molecule has 0 aliphatic heterocycles. The molecule has 0 spiro atoms. The van der Waals surface area contributed by atoms with E-state index >= 15 is 0 Å². The number of hydrogen-bond donors (Lipinski definition) is 2. The van der Waals surface area contributed by atoms with Gasteiger partial charge in [-0.3, -0.25) is 4.79 Å². The fourth-order valence-corrected chi connectivity index (χ4v) is 3.52. The molecule has 0 aromatic carbocycles. The van der Waals surface area contributed by atoms with Crippen molar-refractivity contribution < 1.29 is 15.0 Å². The maximum atomic E-state index is 12.4. The number of aliphatic hydroxyl groups is 2. The lowest BCUT2D eigenvalue weighted by Crippen LogP contribution is -2.29. The van der Waals surface area contributed by atoms with Gasteiger partial charge in [-0.25, -0.2) is 0 Å². The van der Waals surface area contributed by atoms with Crippen LogP contribution in [0.3, 0.4) is 0 Å². The lowest BCUT2D eigenvalue weighted by atomic mass is 10.0. The van der Waals surface area contributed by atoms with Crippen LogP contribution >= 0.6 is 0 Å². The van der Waals surface area contributed by atoms with E-state index in [1.807, 2.05) is 13.8 Å². The number of carbonyl (C=O) groups excluding carboxylic acids is 1. The average molecular weight is 471 g/mol. The van der Waals surface area contributed by atoms with Gasteiger partial charge in [0, 0.05) is 0 Å². The van der Waals surface area contributed by atoms with Crippen LogP contribution in [0.5, 0.6) is 0 Å². The highest BCUT2D eigenvalue weighted by Gasteiger charge is 2.20. The van der Waals surface area contributed by atoms with E-state index < -0.39 is 18.0 Å². The van der Waals surface area contributed by atoms with Crippen LogP contribution in [0.4, 0.5) is 0 Å². The first-order valence-electron chi connectivity index (χ1n) is 12.7. The summed E-state index contributed by atoms with van der Waals surface area (Å²) in [5, 5.41) is 20.5. The Bertz CT molecular complexity index is 729. The Balaban J connectivity index is 4.58. The van der Waals surface area contributed by atoms with Gasteiger partial charge in [0.2, 0.25) is 0 Å². The van der Waals surface area contributed by atoms with Crippen LogP contribution in [-0.2, 0) is 4.79 Å². The predicted octanol–water partition coefficient (Wildman–Crippen LogP) is 8.12. The number of aliphatic hydroxyl groups excluding tert-OH is 2. The minimum atomic E-state index is -1.28. The van der Waals surface area contributed by atoms with Crippen molar-refractivity contribution >= 4 is 5.78 Å². The van der Waals surface area contributed by atoms with Crippen molar-refractivity contribution in [1.82, 2.24) is 0 Å². The highest BCUT2D eigenvalue weighted by Crippen LogP contribution is 2.14. The van der Waals surface area contributed by atoms with Gasteiger partial charge in [0.05, 0.1) is 0 Å². The van der Waals surface area contributed by atoms with E-state index in [9.17, 15) is 15.0 Å². The molecule has 192 valence electrons. The highest BCUT2D eigenvalue weighted by atomic mass is 16.3. The topological polar surface area (TPSA) is 57.5 Å². The third kappa shape index (κ3) is 17.5. The summed E-state index contributed by atoms with van der Waals surface area (Å²) in [5.74, 6) is -0.569. The van der Waals surface area contributed by atoms with Gasteiger partial charge in [0.25, 0.3) is 0 Å². The van der Waals surface area contributed by atoms with Crippen LogP contribution in [0.25, 0.3) is 0 Å². The SMILES string of the molecule is CC(C)=CCCC(C)=CCCC(C)=CC(O)C(=O)C(O)C=C(C)CCC=C(C)CCC=C(C)C. The Kier molecular flexibility index (Phi) is 17.3. The van der Waals surface area contributed by atoms with Crippen molar-refractivity contribution in [3.63, 3.8) is 0 Å². The summed E-state index contributed by atoms with van der Waals surface area (Å²) in [7, 11) is 0. The quantitative estimate of drug-likeness (QED) is 0.224. The molecule has 34 heavy (non-hydrogen) atoms. The number of hydrogen-bond acceptors (Lipinski definition) is 3. The first-order chi connectivity index (χ1) is 15.9. The van der Waals surface area contributed by atoms with Crippen LogP contribution in [0, 0.1) is 0 Å². The van der Waals surface area contributed by atoms with Crippen molar-refractivity contribution in [2.75, 3.05) is 0 Å². The van der Waals surface area contributed by atoms with Crippen molar-refractivity contribution in [3.8, 4) is 0 Å². The highest BCUT2D eigenvalue weighted by molar-refractivity contribution is 5.90. The fourth-order valence-electron chi connectivity index (χ4n) is 3.52. The molecule has 0 aliphatic rings. The van der Waals surface area contributed by atoms with E-state index in [4.69, 9.17) is 0 Å². The summed E-state index contributed by atoms with van der Waals surface area (Å²) >= 11 is 0. The van der Waals surface area contributed by atoms with E-state index in [-0.39, 0.29) is 0 Å². The largest absolute Gasteiger partial charge is 0.381 e. The Morgan fingerprint density at radius 2 is 0.824 bits per heavy atom. The Hall–Kier alpha value is -1.97. The van der Waals surface area contributed by atoms with Crippen molar-refractivity contribution in [1.29, 1.82) is 0 Å². The summed E-state index contributed by atoms with van der Waals surface area (Å²) in [5.41, 5.74) is 7.31. The number of Topliss-reactive ketones (excluding diaryl/α,β-unsaturated/α-hetero) is 1. The number of allylic oxidation sites excluding steroid dienone is 10. The van der Waals surface area contributed by atoms with Gasteiger partial charge in [-0.15, -0.1) is 0 Å². The molecule has 2 atom stereocenters. The smallest absolute Gasteiger partial charge is 0.197 e. The lowest BCUT2D eigenvalue weighted by Gasteiger charge is -2.11. The maximum Gasteiger partial charge on any atom is 0.197 e. The Morgan fingerprint density at radius 1 is 0.529 bits per heavy atom. The minimum Gasteiger partial charge on any atom is -0.381 e. The van der Waals surface area contributed by atoms with Gasteiger partial charge in [-0.2, -0.15) is 0 Å². The molecule has 2 N–H and O–H groups in total. The van der Waals surface area contributed by atoms with Crippen LogP contribution in [-0.4, -0.2) is 28.2 Å². The van der Waals surface area contributed by atoms with Gasteiger partial charge in [-0.05, 0) is 119 Å². The molecular weight excluding hydrogens is 420 g/mol. The molecule has 0 bridgehead atoms. The number of ketones is 1. The molecule has 0 aromatic rings. The normalized spacial score (nSPS) is 15.1. The number of carbonyl (C=O) groups is 1. The van der Waals surface area contributed by atoms with Gasteiger partial charge in [-0.1, -0.05) is 57.7 Å².